The zero-order valence-electron chi connectivity index (χ0n) is 7.07. The lowest BCUT2D eigenvalue weighted by atomic mass is 10.7. The molecule has 1 rings (SSSR count). The van der Waals surface area contributed by atoms with Crippen LogP contribution < -0.4 is 5.32 Å². The first-order valence-corrected chi connectivity index (χ1v) is 4.53. The third-order valence-corrected chi connectivity index (χ3v) is 2.45. The quantitative estimate of drug-likeness (QED) is 0.687. The summed E-state index contributed by atoms with van der Waals surface area (Å²) in [4.78, 5) is 14.9. The first kappa shape index (κ1) is 9.12. The number of amides is 1. The van der Waals surface area contributed by atoms with E-state index >= 15 is 0 Å². The maximum absolute atomic E-state index is 10.8. The van der Waals surface area contributed by atoms with E-state index in [9.17, 15) is 4.79 Å². The van der Waals surface area contributed by atoms with Gasteiger partial charge in [0.1, 0.15) is 0 Å². The van der Waals surface area contributed by atoms with Crippen molar-refractivity contribution in [3.05, 3.63) is 12.4 Å². The molecule has 1 heterocycles. The van der Waals surface area contributed by atoms with Crippen LogP contribution in [0.2, 0.25) is 0 Å². The molecular formula is C7H11N3OS. The Bertz CT molecular complexity index is 271. The van der Waals surface area contributed by atoms with Crippen molar-refractivity contribution in [1.29, 1.82) is 0 Å². The molecule has 1 N–H and O–H groups in total. The van der Waals surface area contributed by atoms with Crippen LogP contribution in [0.25, 0.3) is 0 Å². The minimum absolute atomic E-state index is 0.0167. The highest BCUT2D eigenvalue weighted by Crippen LogP contribution is 2.13. The summed E-state index contributed by atoms with van der Waals surface area (Å²) >= 11 is 1.43. The Morgan fingerprint density at radius 2 is 2.58 bits per heavy atom. The lowest BCUT2D eigenvalue weighted by Crippen LogP contribution is -2.19. The number of carbonyl (C=O) groups excluding carboxylic acids is 1. The zero-order chi connectivity index (χ0) is 8.97. The van der Waals surface area contributed by atoms with Gasteiger partial charge in [0, 0.05) is 26.5 Å². The Morgan fingerprint density at radius 1 is 1.83 bits per heavy atom. The molecule has 0 bridgehead atoms. The van der Waals surface area contributed by atoms with E-state index in [4.69, 9.17) is 0 Å². The van der Waals surface area contributed by atoms with E-state index in [1.54, 1.807) is 13.2 Å². The molecule has 0 saturated heterocycles. The highest BCUT2D eigenvalue weighted by molar-refractivity contribution is 7.99. The van der Waals surface area contributed by atoms with Crippen LogP contribution in [0.15, 0.2) is 17.6 Å². The normalized spacial score (nSPS) is 9.83. The molecule has 0 saturated carbocycles. The number of aromatic nitrogens is 2. The summed E-state index contributed by atoms with van der Waals surface area (Å²) in [6, 6.07) is 0. The summed E-state index contributed by atoms with van der Waals surface area (Å²) < 4.78 is 1.88. The lowest BCUT2D eigenvalue weighted by molar-refractivity contribution is -0.118. The maximum atomic E-state index is 10.8. The molecular weight excluding hydrogens is 174 g/mol. The van der Waals surface area contributed by atoms with Gasteiger partial charge in [-0.3, -0.25) is 4.79 Å². The highest BCUT2D eigenvalue weighted by atomic mass is 32.2. The first-order chi connectivity index (χ1) is 5.74. The number of imidazole rings is 1. The van der Waals surface area contributed by atoms with Gasteiger partial charge in [-0.2, -0.15) is 0 Å². The van der Waals surface area contributed by atoms with Crippen molar-refractivity contribution in [3.63, 3.8) is 0 Å². The molecule has 0 atom stereocenters. The van der Waals surface area contributed by atoms with Crippen LogP contribution in [0.3, 0.4) is 0 Å². The average molecular weight is 185 g/mol. The topological polar surface area (TPSA) is 46.9 Å². The highest BCUT2D eigenvalue weighted by Gasteiger charge is 2.02. The Morgan fingerprint density at radius 3 is 3.08 bits per heavy atom. The summed E-state index contributed by atoms with van der Waals surface area (Å²) in [6.45, 7) is 0. The second-order valence-electron chi connectivity index (χ2n) is 2.28. The molecule has 0 aliphatic rings. The predicted molar refractivity (Wildman–Crippen MR) is 48.0 cm³/mol. The third kappa shape index (κ3) is 2.27. The Kier molecular flexibility index (Phi) is 3.16. The summed E-state index contributed by atoms with van der Waals surface area (Å²) in [5.41, 5.74) is 0. The molecule has 5 heteroatoms. The molecule has 1 aromatic heterocycles. The van der Waals surface area contributed by atoms with E-state index in [0.717, 1.165) is 5.16 Å². The Labute approximate surface area is 75.4 Å². The number of hydrogen-bond acceptors (Lipinski definition) is 3. The van der Waals surface area contributed by atoms with Gasteiger partial charge in [0.2, 0.25) is 5.91 Å². The minimum Gasteiger partial charge on any atom is -0.358 e. The smallest absolute Gasteiger partial charge is 0.230 e. The number of rotatable bonds is 3. The molecule has 0 spiro atoms. The fourth-order valence-electron chi connectivity index (χ4n) is 0.693. The van der Waals surface area contributed by atoms with Crippen molar-refractivity contribution in [2.75, 3.05) is 12.8 Å². The van der Waals surface area contributed by atoms with Crippen molar-refractivity contribution >= 4 is 17.7 Å². The van der Waals surface area contributed by atoms with Gasteiger partial charge < -0.3 is 9.88 Å². The van der Waals surface area contributed by atoms with Crippen LogP contribution in [-0.4, -0.2) is 28.3 Å². The van der Waals surface area contributed by atoms with Gasteiger partial charge in [0.05, 0.1) is 5.75 Å². The molecule has 66 valence electrons. The van der Waals surface area contributed by atoms with Crippen LogP contribution in [0, 0.1) is 0 Å². The van der Waals surface area contributed by atoms with Gasteiger partial charge in [0.15, 0.2) is 5.16 Å². The van der Waals surface area contributed by atoms with Gasteiger partial charge in [-0.1, -0.05) is 11.8 Å². The molecule has 0 aromatic carbocycles. The van der Waals surface area contributed by atoms with Gasteiger partial charge in [-0.05, 0) is 0 Å². The van der Waals surface area contributed by atoms with E-state index in [2.05, 4.69) is 10.3 Å². The number of nitrogens with one attached hydrogen (secondary N) is 1. The van der Waals surface area contributed by atoms with Gasteiger partial charge in [0.25, 0.3) is 0 Å². The molecule has 0 aliphatic carbocycles. The summed E-state index contributed by atoms with van der Waals surface area (Å²) in [5.74, 6) is 0.435. The summed E-state index contributed by atoms with van der Waals surface area (Å²) in [5, 5.41) is 3.41. The second kappa shape index (κ2) is 4.15. The molecule has 0 fully saturated rings. The van der Waals surface area contributed by atoms with Crippen molar-refractivity contribution in [3.8, 4) is 0 Å². The molecule has 0 radical (unpaired) electrons. The molecule has 12 heavy (non-hydrogen) atoms. The van der Waals surface area contributed by atoms with Crippen molar-refractivity contribution in [2.24, 2.45) is 7.05 Å². The standard InChI is InChI=1S/C7H11N3OS/c1-8-6(11)5-12-7-9-3-4-10(7)2/h3-4H,5H2,1-2H3,(H,8,11). The SMILES string of the molecule is CNC(=O)CSc1nccn1C. The summed E-state index contributed by atoms with van der Waals surface area (Å²) in [6.07, 6.45) is 3.57. The molecule has 4 nitrogen and oxygen atoms in total. The van der Waals surface area contributed by atoms with Gasteiger partial charge >= 0.3 is 0 Å². The monoisotopic (exact) mass is 185 g/mol. The van der Waals surface area contributed by atoms with Gasteiger partial charge in [-0.15, -0.1) is 0 Å². The molecule has 0 unspecified atom stereocenters. The van der Waals surface area contributed by atoms with E-state index < -0.39 is 0 Å². The fraction of sp³-hybridized carbons (Fsp3) is 0.429. The number of aryl methyl sites for hydroxylation is 1. The number of nitrogens with zero attached hydrogens (tertiary/aromatic N) is 2. The third-order valence-electron chi connectivity index (χ3n) is 1.39. The van der Waals surface area contributed by atoms with Gasteiger partial charge in [-0.25, -0.2) is 4.98 Å². The van der Waals surface area contributed by atoms with E-state index in [1.807, 2.05) is 17.8 Å². The molecule has 1 amide bonds. The van der Waals surface area contributed by atoms with Crippen molar-refractivity contribution in [2.45, 2.75) is 5.16 Å². The Hall–Kier alpha value is -0.970. The zero-order valence-corrected chi connectivity index (χ0v) is 7.89. The van der Waals surface area contributed by atoms with Crippen molar-refractivity contribution < 1.29 is 4.79 Å². The molecule has 0 aliphatic heterocycles. The number of carbonyl (C=O) groups is 1. The van der Waals surface area contributed by atoms with Crippen LogP contribution in [-0.2, 0) is 11.8 Å². The number of hydrogen-bond donors (Lipinski definition) is 1. The van der Waals surface area contributed by atoms with Crippen LogP contribution in [0.4, 0.5) is 0 Å². The van der Waals surface area contributed by atoms with E-state index in [0.29, 0.717) is 5.75 Å². The average Bonchev–Trinajstić information content (AvgIpc) is 2.47. The summed E-state index contributed by atoms with van der Waals surface area (Å²) in [7, 11) is 3.53. The number of thioether (sulfide) groups is 1. The second-order valence-corrected chi connectivity index (χ2v) is 3.23. The minimum atomic E-state index is 0.0167. The molecule has 1 aromatic rings. The van der Waals surface area contributed by atoms with Crippen LogP contribution in [0.5, 0.6) is 0 Å². The van der Waals surface area contributed by atoms with E-state index in [-0.39, 0.29) is 5.91 Å². The Balaban J connectivity index is 2.43. The maximum Gasteiger partial charge on any atom is 0.230 e. The van der Waals surface area contributed by atoms with Crippen LogP contribution in [0.1, 0.15) is 0 Å². The lowest BCUT2D eigenvalue weighted by Gasteiger charge is -1.99. The first-order valence-electron chi connectivity index (χ1n) is 3.54. The van der Waals surface area contributed by atoms with Crippen LogP contribution >= 0.6 is 11.8 Å². The van der Waals surface area contributed by atoms with E-state index in [1.165, 1.54) is 11.8 Å². The predicted octanol–water partition coefficient (Wildman–Crippen LogP) is 0.258. The van der Waals surface area contributed by atoms with Crippen molar-refractivity contribution in [1.82, 2.24) is 14.9 Å². The largest absolute Gasteiger partial charge is 0.358 e. The fourth-order valence-corrected chi connectivity index (χ4v) is 1.50.